The van der Waals surface area contributed by atoms with E-state index in [-0.39, 0.29) is 23.3 Å². The van der Waals surface area contributed by atoms with E-state index in [9.17, 15) is 10.1 Å². The summed E-state index contributed by atoms with van der Waals surface area (Å²) < 4.78 is 11.3. The van der Waals surface area contributed by atoms with E-state index in [0.29, 0.717) is 27.1 Å². The van der Waals surface area contributed by atoms with Crippen molar-refractivity contribution in [1.29, 1.82) is 10.7 Å². The summed E-state index contributed by atoms with van der Waals surface area (Å²) in [5, 5.41) is 22.9. The predicted molar refractivity (Wildman–Crippen MR) is 114 cm³/mol. The molecule has 1 amide bonds. The number of carbonyl (C=O) groups excluding carboxylic acids is 1. The number of amides is 1. The lowest BCUT2D eigenvalue weighted by Gasteiger charge is -2.29. The third-order valence-corrected chi connectivity index (χ3v) is 5.77. The van der Waals surface area contributed by atoms with Crippen LogP contribution in [0.5, 0.6) is 5.75 Å². The van der Waals surface area contributed by atoms with Crippen LogP contribution in [0.15, 0.2) is 57.2 Å². The van der Waals surface area contributed by atoms with Crippen molar-refractivity contribution in [3.8, 4) is 11.8 Å². The maximum atomic E-state index is 11.9. The van der Waals surface area contributed by atoms with Crippen LogP contribution in [0.25, 0.3) is 5.70 Å². The molecule has 1 atom stereocenters. The standard InChI is InChI=1S/C20H17BrN4O3S/c1-10(26)25-18(15-4-3-7-29-15)17-16(12(9-22)19(23)28-20(17)24)11-5-6-14(27-2)13(21)8-11/h3-8,16,24H,23H2,1-2H3,(H,25,26)/b18-17-,24-20?. The molecule has 1 unspecified atom stereocenters. The Morgan fingerprint density at radius 3 is 2.76 bits per heavy atom. The van der Waals surface area contributed by atoms with Crippen LogP contribution in [-0.4, -0.2) is 18.9 Å². The van der Waals surface area contributed by atoms with Crippen molar-refractivity contribution in [3.05, 3.63) is 67.7 Å². The van der Waals surface area contributed by atoms with Gasteiger partial charge in [0.1, 0.15) is 17.4 Å². The molecule has 0 saturated carbocycles. The molecule has 0 fully saturated rings. The Bertz CT molecular complexity index is 1080. The largest absolute Gasteiger partial charge is 0.496 e. The Labute approximate surface area is 180 Å². The summed E-state index contributed by atoms with van der Waals surface area (Å²) in [6, 6.07) is 11.1. The van der Waals surface area contributed by atoms with Crippen LogP contribution in [0.2, 0.25) is 0 Å². The van der Waals surface area contributed by atoms with Gasteiger partial charge in [-0.1, -0.05) is 12.1 Å². The summed E-state index contributed by atoms with van der Waals surface area (Å²) in [7, 11) is 1.56. The maximum Gasteiger partial charge on any atom is 0.221 e. The van der Waals surface area contributed by atoms with Crippen LogP contribution in [0.3, 0.4) is 0 Å². The zero-order valence-electron chi connectivity index (χ0n) is 15.6. The first-order chi connectivity index (χ1) is 13.9. The second kappa shape index (κ2) is 8.51. The first-order valence-corrected chi connectivity index (χ1v) is 10.1. The molecule has 9 heteroatoms. The highest BCUT2D eigenvalue weighted by Crippen LogP contribution is 2.42. The Hall–Kier alpha value is -3.09. The van der Waals surface area contributed by atoms with Gasteiger partial charge in [0.05, 0.1) is 33.6 Å². The van der Waals surface area contributed by atoms with Crippen LogP contribution in [0.1, 0.15) is 23.3 Å². The number of allylic oxidation sites excluding steroid dienone is 1. The first kappa shape index (κ1) is 20.6. The minimum atomic E-state index is -0.701. The molecule has 4 N–H and O–H groups in total. The van der Waals surface area contributed by atoms with E-state index >= 15 is 0 Å². The number of nitriles is 1. The monoisotopic (exact) mass is 472 g/mol. The van der Waals surface area contributed by atoms with Gasteiger partial charge >= 0.3 is 0 Å². The molecule has 0 radical (unpaired) electrons. The molecule has 7 nitrogen and oxygen atoms in total. The van der Waals surface area contributed by atoms with E-state index in [0.717, 1.165) is 4.88 Å². The van der Waals surface area contributed by atoms with Crippen LogP contribution in [0, 0.1) is 16.7 Å². The van der Waals surface area contributed by atoms with Gasteiger partial charge in [0.15, 0.2) is 0 Å². The molecule has 0 bridgehead atoms. The fourth-order valence-electron chi connectivity index (χ4n) is 3.07. The highest BCUT2D eigenvalue weighted by molar-refractivity contribution is 9.10. The van der Waals surface area contributed by atoms with Crippen LogP contribution < -0.4 is 15.8 Å². The van der Waals surface area contributed by atoms with Crippen molar-refractivity contribution >= 4 is 44.8 Å². The summed E-state index contributed by atoms with van der Waals surface area (Å²) in [6.07, 6.45) is 0. The predicted octanol–water partition coefficient (Wildman–Crippen LogP) is 3.85. The minimum absolute atomic E-state index is 0.133. The number of nitrogens with one attached hydrogen (secondary N) is 2. The molecule has 1 aliphatic heterocycles. The fourth-order valence-corrected chi connectivity index (χ4v) is 4.37. The molecule has 0 spiro atoms. The van der Waals surface area contributed by atoms with E-state index in [4.69, 9.17) is 20.6 Å². The Morgan fingerprint density at radius 2 is 2.21 bits per heavy atom. The second-order valence-corrected chi connectivity index (χ2v) is 7.90. The van der Waals surface area contributed by atoms with E-state index < -0.39 is 5.92 Å². The van der Waals surface area contributed by atoms with E-state index in [1.807, 2.05) is 17.5 Å². The van der Waals surface area contributed by atoms with Crippen molar-refractivity contribution in [2.24, 2.45) is 5.73 Å². The van der Waals surface area contributed by atoms with Gasteiger partial charge in [0.2, 0.25) is 17.7 Å². The van der Waals surface area contributed by atoms with Crippen molar-refractivity contribution in [1.82, 2.24) is 5.32 Å². The quantitative estimate of drug-likeness (QED) is 0.623. The number of rotatable bonds is 4. The third kappa shape index (κ3) is 4.04. The SMILES string of the molecule is COc1ccc(C2C(C#N)=C(N)OC(=N)/C2=C(\NC(C)=O)c2cccs2)cc1Br. The number of thiophene rings is 1. The Morgan fingerprint density at radius 1 is 1.45 bits per heavy atom. The van der Waals surface area contributed by atoms with Crippen molar-refractivity contribution in [2.75, 3.05) is 7.11 Å². The number of methoxy groups -OCH3 is 1. The molecule has 1 aromatic heterocycles. The molecular formula is C20H17BrN4O3S. The topological polar surface area (TPSA) is 121 Å². The molecule has 29 heavy (non-hydrogen) atoms. The summed E-state index contributed by atoms with van der Waals surface area (Å²) in [5.74, 6) is -0.740. The van der Waals surface area contributed by atoms with Gasteiger partial charge in [-0.05, 0) is 45.1 Å². The number of halogens is 1. The van der Waals surface area contributed by atoms with E-state index in [1.165, 1.54) is 18.3 Å². The van der Waals surface area contributed by atoms with Crippen LogP contribution in [-0.2, 0) is 9.53 Å². The zero-order chi connectivity index (χ0) is 21.1. The number of hydrogen-bond donors (Lipinski definition) is 3. The summed E-state index contributed by atoms with van der Waals surface area (Å²) in [4.78, 5) is 12.7. The third-order valence-electron chi connectivity index (χ3n) is 4.27. The average Bonchev–Trinajstić information content (AvgIpc) is 3.20. The van der Waals surface area contributed by atoms with Gasteiger partial charge in [-0.2, -0.15) is 5.26 Å². The normalized spacial score (nSPS) is 18.0. The molecule has 148 valence electrons. The molecule has 1 aliphatic rings. The summed E-state index contributed by atoms with van der Waals surface area (Å²) in [6.45, 7) is 1.38. The lowest BCUT2D eigenvalue weighted by Crippen LogP contribution is -2.31. The van der Waals surface area contributed by atoms with Crippen LogP contribution >= 0.6 is 27.3 Å². The second-order valence-electron chi connectivity index (χ2n) is 6.10. The maximum absolute atomic E-state index is 11.9. The average molecular weight is 473 g/mol. The zero-order valence-corrected chi connectivity index (χ0v) is 18.0. The molecule has 2 aromatic rings. The molecule has 0 saturated heterocycles. The number of benzene rings is 1. The smallest absolute Gasteiger partial charge is 0.221 e. The van der Waals surface area contributed by atoms with Gasteiger partial charge in [-0.15, -0.1) is 11.3 Å². The molecule has 0 aliphatic carbocycles. The minimum Gasteiger partial charge on any atom is -0.496 e. The highest BCUT2D eigenvalue weighted by atomic mass is 79.9. The summed E-state index contributed by atoms with van der Waals surface area (Å²) in [5.41, 5.74) is 7.55. The van der Waals surface area contributed by atoms with Gasteiger partial charge in [0.25, 0.3) is 0 Å². The number of carbonyl (C=O) groups is 1. The lowest BCUT2D eigenvalue weighted by molar-refractivity contribution is -0.117. The van der Waals surface area contributed by atoms with Gasteiger partial charge in [-0.25, -0.2) is 0 Å². The van der Waals surface area contributed by atoms with Crippen molar-refractivity contribution in [2.45, 2.75) is 12.8 Å². The highest BCUT2D eigenvalue weighted by Gasteiger charge is 2.36. The Balaban J connectivity index is 2.33. The molecule has 1 aromatic carbocycles. The number of nitrogens with zero attached hydrogens (tertiary/aromatic N) is 1. The molecule has 2 heterocycles. The van der Waals surface area contributed by atoms with Gasteiger partial charge < -0.3 is 20.5 Å². The molecule has 3 rings (SSSR count). The number of hydrogen-bond acceptors (Lipinski definition) is 7. The van der Waals surface area contributed by atoms with Gasteiger partial charge in [0, 0.05) is 6.92 Å². The van der Waals surface area contributed by atoms with Crippen molar-refractivity contribution < 1.29 is 14.3 Å². The van der Waals surface area contributed by atoms with Crippen LogP contribution in [0.4, 0.5) is 0 Å². The lowest BCUT2D eigenvalue weighted by atomic mass is 9.82. The summed E-state index contributed by atoms with van der Waals surface area (Å²) >= 11 is 4.86. The first-order valence-electron chi connectivity index (χ1n) is 8.43. The molecular weight excluding hydrogens is 456 g/mol. The van der Waals surface area contributed by atoms with Crippen molar-refractivity contribution in [3.63, 3.8) is 0 Å². The van der Waals surface area contributed by atoms with E-state index in [1.54, 1.807) is 25.3 Å². The Kier molecular flexibility index (Phi) is 6.06. The van der Waals surface area contributed by atoms with Gasteiger partial charge in [-0.3, -0.25) is 10.2 Å². The van der Waals surface area contributed by atoms with E-state index in [2.05, 4.69) is 27.3 Å². The number of nitrogens with two attached hydrogens (primary N) is 1. The number of ether oxygens (including phenoxy) is 2. The fraction of sp³-hybridized carbons (Fsp3) is 0.150.